The average Bonchev–Trinajstić information content (AvgIpc) is 3.05. The first kappa shape index (κ1) is 14.2. The van der Waals surface area contributed by atoms with Crippen LogP contribution in [0.15, 0.2) is 0 Å². The van der Waals surface area contributed by atoms with E-state index < -0.39 is 10.0 Å². The van der Waals surface area contributed by atoms with E-state index in [0.29, 0.717) is 12.6 Å². The van der Waals surface area contributed by atoms with Crippen molar-refractivity contribution in [3.8, 4) is 0 Å². The Labute approximate surface area is 110 Å². The molecule has 2 saturated carbocycles. The van der Waals surface area contributed by atoms with Crippen molar-refractivity contribution in [1.82, 2.24) is 10.0 Å². The van der Waals surface area contributed by atoms with Gasteiger partial charge in [-0.2, -0.15) is 0 Å². The van der Waals surface area contributed by atoms with Gasteiger partial charge in [0.1, 0.15) is 0 Å². The summed E-state index contributed by atoms with van der Waals surface area (Å²) in [4.78, 5) is 0. The molecule has 2 aliphatic carbocycles. The summed E-state index contributed by atoms with van der Waals surface area (Å²) in [5.41, 5.74) is 0. The van der Waals surface area contributed by atoms with Gasteiger partial charge in [0.2, 0.25) is 10.0 Å². The second-order valence-electron chi connectivity index (χ2n) is 5.52. The maximum absolute atomic E-state index is 12.1. The normalized spacial score (nSPS) is 30.6. The summed E-state index contributed by atoms with van der Waals surface area (Å²) in [5, 5.41) is 2.89. The maximum atomic E-state index is 12.1. The van der Waals surface area contributed by atoms with Crippen molar-refractivity contribution < 1.29 is 13.2 Å². The topological polar surface area (TPSA) is 67.4 Å². The van der Waals surface area contributed by atoms with Crippen LogP contribution in [0.25, 0.3) is 0 Å². The monoisotopic (exact) mass is 276 g/mol. The van der Waals surface area contributed by atoms with Gasteiger partial charge in [0.15, 0.2) is 0 Å². The lowest BCUT2D eigenvalue weighted by atomic mass is 10.3. The van der Waals surface area contributed by atoms with Crippen LogP contribution in [0.1, 0.15) is 39.0 Å². The first-order chi connectivity index (χ1) is 8.51. The van der Waals surface area contributed by atoms with Gasteiger partial charge in [0.25, 0.3) is 0 Å². The van der Waals surface area contributed by atoms with Crippen molar-refractivity contribution in [1.29, 1.82) is 0 Å². The van der Waals surface area contributed by atoms with Crippen LogP contribution >= 0.6 is 0 Å². The minimum Gasteiger partial charge on any atom is -0.381 e. The van der Waals surface area contributed by atoms with E-state index in [4.69, 9.17) is 4.74 Å². The Hall–Kier alpha value is -0.170. The quantitative estimate of drug-likeness (QED) is 0.715. The van der Waals surface area contributed by atoms with E-state index in [1.54, 1.807) is 14.0 Å². The summed E-state index contributed by atoms with van der Waals surface area (Å²) in [6, 6.07) is 0.593. The summed E-state index contributed by atoms with van der Waals surface area (Å²) < 4.78 is 32.3. The van der Waals surface area contributed by atoms with E-state index in [9.17, 15) is 8.42 Å². The van der Waals surface area contributed by atoms with Crippen LogP contribution in [0.4, 0.5) is 0 Å². The zero-order valence-corrected chi connectivity index (χ0v) is 12.0. The van der Waals surface area contributed by atoms with Crippen LogP contribution < -0.4 is 10.0 Å². The highest BCUT2D eigenvalue weighted by Gasteiger charge is 2.31. The SMILES string of the molecule is COC1CCC(NS(=O)(=O)C(C)CNC2CC2)C1. The predicted molar refractivity (Wildman–Crippen MR) is 71.0 cm³/mol. The van der Waals surface area contributed by atoms with Gasteiger partial charge >= 0.3 is 0 Å². The number of ether oxygens (including phenoxy) is 1. The van der Waals surface area contributed by atoms with Gasteiger partial charge < -0.3 is 10.1 Å². The number of hydrogen-bond donors (Lipinski definition) is 2. The van der Waals surface area contributed by atoms with Crippen LogP contribution in [0.5, 0.6) is 0 Å². The average molecular weight is 276 g/mol. The van der Waals surface area contributed by atoms with E-state index in [1.807, 2.05) is 0 Å². The number of methoxy groups -OCH3 is 1. The molecule has 0 aromatic carbocycles. The summed E-state index contributed by atoms with van der Waals surface area (Å²) in [7, 11) is -1.53. The molecule has 0 saturated heterocycles. The molecule has 3 unspecified atom stereocenters. The molecule has 2 fully saturated rings. The molecule has 0 spiro atoms. The third-order valence-electron chi connectivity index (χ3n) is 3.85. The summed E-state index contributed by atoms with van der Waals surface area (Å²) in [6.07, 6.45) is 5.17. The second-order valence-corrected chi connectivity index (χ2v) is 7.65. The summed E-state index contributed by atoms with van der Waals surface area (Å²) in [6.45, 7) is 2.31. The van der Waals surface area contributed by atoms with Crippen molar-refractivity contribution in [3.05, 3.63) is 0 Å². The highest BCUT2D eigenvalue weighted by atomic mass is 32.2. The Morgan fingerprint density at radius 2 is 1.89 bits per heavy atom. The Balaban J connectivity index is 1.78. The van der Waals surface area contributed by atoms with Gasteiger partial charge in [-0.1, -0.05) is 0 Å². The van der Waals surface area contributed by atoms with Crippen molar-refractivity contribution in [2.24, 2.45) is 0 Å². The molecule has 0 aromatic rings. The van der Waals surface area contributed by atoms with Crippen molar-refractivity contribution in [2.75, 3.05) is 13.7 Å². The molecule has 0 heterocycles. The maximum Gasteiger partial charge on any atom is 0.215 e. The lowest BCUT2D eigenvalue weighted by Gasteiger charge is -2.18. The fraction of sp³-hybridized carbons (Fsp3) is 1.00. The Kier molecular flexibility index (Phi) is 4.64. The second kappa shape index (κ2) is 5.86. The van der Waals surface area contributed by atoms with Gasteiger partial charge in [0, 0.05) is 25.7 Å². The molecule has 6 heteroatoms. The largest absolute Gasteiger partial charge is 0.381 e. The zero-order chi connectivity index (χ0) is 13.2. The van der Waals surface area contributed by atoms with Crippen LogP contribution in [0.2, 0.25) is 0 Å². The van der Waals surface area contributed by atoms with Crippen LogP contribution in [0.3, 0.4) is 0 Å². The van der Waals surface area contributed by atoms with Gasteiger partial charge in [-0.15, -0.1) is 0 Å². The smallest absolute Gasteiger partial charge is 0.215 e. The Morgan fingerprint density at radius 3 is 2.44 bits per heavy atom. The molecule has 18 heavy (non-hydrogen) atoms. The van der Waals surface area contributed by atoms with Crippen LogP contribution in [-0.2, 0) is 14.8 Å². The first-order valence-corrected chi connectivity index (χ1v) is 8.33. The molecular formula is C12H24N2O3S. The molecule has 0 bridgehead atoms. The van der Waals surface area contributed by atoms with Crippen molar-refractivity contribution in [3.63, 3.8) is 0 Å². The Morgan fingerprint density at radius 1 is 1.22 bits per heavy atom. The molecule has 3 atom stereocenters. The Bertz CT molecular complexity index is 368. The molecule has 0 aromatic heterocycles. The molecular weight excluding hydrogens is 252 g/mol. The fourth-order valence-electron chi connectivity index (χ4n) is 2.34. The number of rotatable bonds is 7. The number of sulfonamides is 1. The standard InChI is InChI=1S/C12H24N2O3S/c1-9(8-13-10-3-4-10)18(15,16)14-11-5-6-12(7-11)17-2/h9-14H,3-8H2,1-2H3. The molecule has 0 radical (unpaired) electrons. The molecule has 2 rings (SSSR count). The van der Waals surface area contributed by atoms with E-state index in [2.05, 4.69) is 10.0 Å². The minimum atomic E-state index is -3.21. The first-order valence-electron chi connectivity index (χ1n) is 6.78. The third kappa shape index (κ3) is 3.91. The zero-order valence-electron chi connectivity index (χ0n) is 11.2. The highest BCUT2D eigenvalue weighted by Crippen LogP contribution is 2.23. The molecule has 5 nitrogen and oxygen atoms in total. The van der Waals surface area contributed by atoms with Crippen LogP contribution in [-0.4, -0.2) is 45.5 Å². The van der Waals surface area contributed by atoms with Gasteiger partial charge in [-0.25, -0.2) is 13.1 Å². The molecule has 2 aliphatic rings. The lowest BCUT2D eigenvalue weighted by molar-refractivity contribution is 0.107. The van der Waals surface area contributed by atoms with Gasteiger partial charge in [-0.3, -0.25) is 0 Å². The number of nitrogens with one attached hydrogen (secondary N) is 2. The summed E-state index contributed by atoms with van der Waals surface area (Å²) in [5.74, 6) is 0. The predicted octanol–water partition coefficient (Wildman–Crippen LogP) is 0.614. The van der Waals surface area contributed by atoms with E-state index in [1.165, 1.54) is 12.8 Å². The third-order valence-corrected chi connectivity index (χ3v) is 5.74. The minimum absolute atomic E-state index is 0.0447. The highest BCUT2D eigenvalue weighted by molar-refractivity contribution is 7.90. The molecule has 2 N–H and O–H groups in total. The van der Waals surface area contributed by atoms with Gasteiger partial charge in [0.05, 0.1) is 11.4 Å². The van der Waals surface area contributed by atoms with Crippen molar-refractivity contribution in [2.45, 2.75) is 62.5 Å². The molecule has 0 amide bonds. The van der Waals surface area contributed by atoms with Crippen molar-refractivity contribution >= 4 is 10.0 Å². The van der Waals surface area contributed by atoms with E-state index in [-0.39, 0.29) is 17.4 Å². The van der Waals surface area contributed by atoms with Crippen LogP contribution in [0, 0.1) is 0 Å². The molecule has 0 aliphatic heterocycles. The molecule has 106 valence electrons. The number of hydrogen-bond acceptors (Lipinski definition) is 4. The van der Waals surface area contributed by atoms with E-state index >= 15 is 0 Å². The summed E-state index contributed by atoms with van der Waals surface area (Å²) >= 11 is 0. The van der Waals surface area contributed by atoms with E-state index in [0.717, 1.165) is 19.3 Å². The van der Waals surface area contributed by atoms with Gasteiger partial charge in [-0.05, 0) is 39.0 Å². The lowest BCUT2D eigenvalue weighted by Crippen LogP contribution is -2.43. The fourth-order valence-corrected chi connectivity index (χ4v) is 3.57.